The van der Waals surface area contributed by atoms with Crippen LogP contribution in [0.4, 0.5) is 0 Å². The van der Waals surface area contributed by atoms with Gasteiger partial charge in [0, 0.05) is 0 Å². The first-order valence-electron chi connectivity index (χ1n) is 4.86. The Morgan fingerprint density at radius 1 is 1.29 bits per heavy atom. The van der Waals surface area contributed by atoms with E-state index in [4.69, 9.17) is 11.0 Å². The fraction of sp³-hybridized carbons (Fsp3) is 0.900. The third-order valence-electron chi connectivity index (χ3n) is 1.77. The highest BCUT2D eigenvalue weighted by atomic mass is 15.1. The van der Waals surface area contributed by atoms with E-state index in [0.717, 1.165) is 19.5 Å². The number of nitrogens with zero attached hydrogens (tertiary/aromatic N) is 3. The topological polar surface area (TPSA) is 56.3 Å². The molecule has 1 unspecified atom stereocenters. The lowest BCUT2D eigenvalue weighted by Gasteiger charge is -2.09. The van der Waals surface area contributed by atoms with Crippen molar-refractivity contribution in [2.24, 2.45) is 5.73 Å². The summed E-state index contributed by atoms with van der Waals surface area (Å²) in [5.74, 6) is 0. The van der Waals surface area contributed by atoms with Crippen LogP contribution in [0.15, 0.2) is 0 Å². The predicted molar refractivity (Wildman–Crippen MR) is 61.0 cm³/mol. The van der Waals surface area contributed by atoms with Crippen molar-refractivity contribution in [2.45, 2.75) is 19.4 Å². The standard InChI is InChI=1S/C5H10N2.C5H14N2/c1-5(4-6)7(2)3;1-7(2)5-3-4-6/h5H,1-3H3;3-6H2,1-2H3. The van der Waals surface area contributed by atoms with Crippen molar-refractivity contribution in [2.75, 3.05) is 41.3 Å². The average molecular weight is 200 g/mol. The van der Waals surface area contributed by atoms with Crippen LogP contribution in [0.5, 0.6) is 0 Å². The molecule has 0 amide bonds. The molecule has 0 rings (SSSR count). The molecule has 0 aliphatic rings. The Labute approximate surface area is 88.3 Å². The highest BCUT2D eigenvalue weighted by Gasteiger charge is 1.97. The van der Waals surface area contributed by atoms with E-state index >= 15 is 0 Å². The third kappa shape index (κ3) is 13.9. The van der Waals surface area contributed by atoms with Crippen molar-refractivity contribution in [3.05, 3.63) is 0 Å². The number of hydrogen-bond acceptors (Lipinski definition) is 4. The van der Waals surface area contributed by atoms with E-state index in [1.807, 2.05) is 25.9 Å². The first kappa shape index (κ1) is 15.8. The van der Waals surface area contributed by atoms with Gasteiger partial charge in [-0.2, -0.15) is 5.26 Å². The Hall–Kier alpha value is -0.630. The SMILES string of the molecule is CC(C#N)N(C)C.CN(C)CCCN. The fourth-order valence-electron chi connectivity index (χ4n) is 0.523. The summed E-state index contributed by atoms with van der Waals surface area (Å²) in [6.45, 7) is 3.77. The zero-order chi connectivity index (χ0) is 11.6. The molecule has 0 bridgehead atoms. The largest absolute Gasteiger partial charge is 0.330 e. The molecule has 0 radical (unpaired) electrons. The monoisotopic (exact) mass is 200 g/mol. The Kier molecular flexibility index (Phi) is 11.8. The zero-order valence-electron chi connectivity index (χ0n) is 10.1. The van der Waals surface area contributed by atoms with Crippen LogP contribution in [0.2, 0.25) is 0 Å². The van der Waals surface area contributed by atoms with Gasteiger partial charge in [-0.25, -0.2) is 0 Å². The summed E-state index contributed by atoms with van der Waals surface area (Å²) in [7, 11) is 7.87. The Morgan fingerprint density at radius 2 is 1.79 bits per heavy atom. The molecule has 0 aromatic heterocycles. The molecular weight excluding hydrogens is 176 g/mol. The molecule has 2 N–H and O–H groups in total. The molecule has 84 valence electrons. The van der Waals surface area contributed by atoms with E-state index in [1.54, 1.807) is 0 Å². The smallest absolute Gasteiger partial charge is 0.0944 e. The Morgan fingerprint density at radius 3 is 1.86 bits per heavy atom. The van der Waals surface area contributed by atoms with Crippen molar-refractivity contribution in [1.82, 2.24) is 9.80 Å². The van der Waals surface area contributed by atoms with Crippen molar-refractivity contribution in [3.8, 4) is 6.07 Å². The number of nitriles is 1. The Bertz CT molecular complexity index is 149. The van der Waals surface area contributed by atoms with Crippen LogP contribution in [0.3, 0.4) is 0 Å². The minimum atomic E-state index is 0.0417. The highest BCUT2D eigenvalue weighted by molar-refractivity contribution is 4.84. The van der Waals surface area contributed by atoms with E-state index < -0.39 is 0 Å². The van der Waals surface area contributed by atoms with E-state index in [1.165, 1.54) is 0 Å². The molecule has 4 heteroatoms. The number of nitrogens with two attached hydrogens (primary N) is 1. The maximum atomic E-state index is 8.21. The van der Waals surface area contributed by atoms with Crippen LogP contribution >= 0.6 is 0 Å². The van der Waals surface area contributed by atoms with Crippen LogP contribution in [0.1, 0.15) is 13.3 Å². The van der Waals surface area contributed by atoms with Crippen LogP contribution in [-0.2, 0) is 0 Å². The molecule has 14 heavy (non-hydrogen) atoms. The zero-order valence-corrected chi connectivity index (χ0v) is 10.1. The average Bonchev–Trinajstić information content (AvgIpc) is 2.14. The van der Waals surface area contributed by atoms with Gasteiger partial charge in [-0.1, -0.05) is 0 Å². The molecule has 0 saturated heterocycles. The van der Waals surface area contributed by atoms with Crippen molar-refractivity contribution < 1.29 is 0 Å². The van der Waals surface area contributed by atoms with E-state index in [-0.39, 0.29) is 6.04 Å². The predicted octanol–water partition coefficient (Wildman–Crippen LogP) is 0.357. The van der Waals surface area contributed by atoms with Gasteiger partial charge in [-0.15, -0.1) is 0 Å². The Balaban J connectivity index is 0. The molecule has 0 heterocycles. The lowest BCUT2D eigenvalue weighted by atomic mass is 10.4. The molecule has 0 saturated carbocycles. The van der Waals surface area contributed by atoms with Crippen LogP contribution in [-0.4, -0.2) is 57.1 Å². The van der Waals surface area contributed by atoms with Crippen molar-refractivity contribution >= 4 is 0 Å². The maximum Gasteiger partial charge on any atom is 0.0944 e. The summed E-state index contributed by atoms with van der Waals surface area (Å²) in [6, 6.07) is 2.13. The van der Waals surface area contributed by atoms with Gasteiger partial charge >= 0.3 is 0 Å². The molecule has 0 aromatic rings. The lowest BCUT2D eigenvalue weighted by Crippen LogP contribution is -2.22. The van der Waals surface area contributed by atoms with Crippen molar-refractivity contribution in [1.29, 1.82) is 5.26 Å². The minimum Gasteiger partial charge on any atom is -0.330 e. The molecule has 1 atom stereocenters. The summed E-state index contributed by atoms with van der Waals surface area (Å²) in [4.78, 5) is 3.99. The molecule has 0 fully saturated rings. The van der Waals surface area contributed by atoms with Crippen LogP contribution < -0.4 is 5.73 Å². The van der Waals surface area contributed by atoms with Crippen LogP contribution in [0.25, 0.3) is 0 Å². The van der Waals surface area contributed by atoms with E-state index in [2.05, 4.69) is 25.1 Å². The van der Waals surface area contributed by atoms with Gasteiger partial charge < -0.3 is 10.6 Å². The summed E-state index contributed by atoms with van der Waals surface area (Å²) in [5, 5.41) is 8.21. The quantitative estimate of drug-likeness (QED) is 0.712. The second-order valence-corrected chi connectivity index (χ2v) is 3.71. The number of hydrogen-bond donors (Lipinski definition) is 1. The lowest BCUT2D eigenvalue weighted by molar-refractivity contribution is 0.371. The number of rotatable bonds is 4. The molecule has 0 aliphatic heterocycles. The summed E-state index contributed by atoms with van der Waals surface area (Å²) < 4.78 is 0. The second-order valence-electron chi connectivity index (χ2n) is 3.71. The van der Waals surface area contributed by atoms with Gasteiger partial charge in [-0.05, 0) is 54.6 Å². The molecule has 0 spiro atoms. The first-order valence-corrected chi connectivity index (χ1v) is 4.86. The maximum absolute atomic E-state index is 8.21. The molecular formula is C10H24N4. The first-order chi connectivity index (χ1) is 6.45. The fourth-order valence-corrected chi connectivity index (χ4v) is 0.523. The third-order valence-corrected chi connectivity index (χ3v) is 1.77. The van der Waals surface area contributed by atoms with Crippen molar-refractivity contribution in [3.63, 3.8) is 0 Å². The summed E-state index contributed by atoms with van der Waals surface area (Å²) in [5.41, 5.74) is 5.25. The van der Waals surface area contributed by atoms with Gasteiger partial charge in [0.05, 0.1) is 12.1 Å². The van der Waals surface area contributed by atoms with Gasteiger partial charge in [0.2, 0.25) is 0 Å². The van der Waals surface area contributed by atoms with Gasteiger partial charge in [0.15, 0.2) is 0 Å². The van der Waals surface area contributed by atoms with Gasteiger partial charge in [-0.3, -0.25) is 4.90 Å². The summed E-state index contributed by atoms with van der Waals surface area (Å²) >= 11 is 0. The molecule has 4 nitrogen and oxygen atoms in total. The van der Waals surface area contributed by atoms with Crippen LogP contribution in [0, 0.1) is 11.3 Å². The van der Waals surface area contributed by atoms with E-state index in [9.17, 15) is 0 Å². The minimum absolute atomic E-state index is 0.0417. The van der Waals surface area contributed by atoms with E-state index in [0.29, 0.717) is 0 Å². The second kappa shape index (κ2) is 10.5. The molecule has 0 aliphatic carbocycles. The van der Waals surface area contributed by atoms with Gasteiger partial charge in [0.25, 0.3) is 0 Å². The van der Waals surface area contributed by atoms with Gasteiger partial charge in [0.1, 0.15) is 0 Å². The highest BCUT2D eigenvalue weighted by Crippen LogP contribution is 1.84. The normalized spacial score (nSPS) is 11.9. The molecule has 0 aromatic carbocycles. The summed E-state index contributed by atoms with van der Waals surface area (Å²) in [6.07, 6.45) is 1.10.